The predicted molar refractivity (Wildman–Crippen MR) is 156 cm³/mol. The first kappa shape index (κ1) is 26.8. The molecule has 0 radical (unpaired) electrons. The van der Waals surface area contributed by atoms with Crippen LogP contribution in [0.15, 0.2) is 77.7 Å². The van der Waals surface area contributed by atoms with Crippen LogP contribution in [-0.4, -0.2) is 30.0 Å². The minimum atomic E-state index is -0.142. The summed E-state index contributed by atoms with van der Waals surface area (Å²) in [4.78, 5) is 15.2. The number of anilines is 1. The van der Waals surface area contributed by atoms with Crippen molar-refractivity contribution in [2.45, 2.75) is 33.1 Å². The van der Waals surface area contributed by atoms with E-state index in [9.17, 15) is 4.79 Å². The van der Waals surface area contributed by atoms with Crippen molar-refractivity contribution in [3.05, 3.63) is 88.8 Å². The molecule has 1 saturated heterocycles. The van der Waals surface area contributed by atoms with E-state index in [1.807, 2.05) is 73.7 Å². The number of thioether (sulfide) groups is 1. The summed E-state index contributed by atoms with van der Waals surface area (Å²) in [6.07, 6.45) is 1.84. The van der Waals surface area contributed by atoms with Crippen molar-refractivity contribution in [3.63, 3.8) is 0 Å². The molecule has 1 heterocycles. The lowest BCUT2D eigenvalue weighted by atomic mass is 9.87. The number of hydrogen-bond acceptors (Lipinski definition) is 6. The molecule has 0 unspecified atom stereocenters. The predicted octanol–water partition coefficient (Wildman–Crippen LogP) is 7.25. The molecule has 1 amide bonds. The van der Waals surface area contributed by atoms with Gasteiger partial charge in [0.2, 0.25) is 0 Å². The van der Waals surface area contributed by atoms with Crippen LogP contribution in [0.3, 0.4) is 0 Å². The molecule has 192 valence electrons. The molecule has 1 aliphatic heterocycles. The summed E-state index contributed by atoms with van der Waals surface area (Å²) in [5.41, 5.74) is 2.97. The number of thiocarbonyl (C=S) groups is 1. The van der Waals surface area contributed by atoms with E-state index in [0.29, 0.717) is 34.8 Å². The molecule has 3 aromatic rings. The fourth-order valence-electron chi connectivity index (χ4n) is 3.76. The highest BCUT2D eigenvalue weighted by Gasteiger charge is 2.33. The average Bonchev–Trinajstić information content (AvgIpc) is 3.15. The molecule has 0 bridgehead atoms. The normalized spacial score (nSPS) is 14.8. The third kappa shape index (κ3) is 6.93. The van der Waals surface area contributed by atoms with Gasteiger partial charge in [0.05, 0.1) is 17.2 Å². The van der Waals surface area contributed by atoms with Crippen molar-refractivity contribution in [2.24, 2.45) is 0 Å². The minimum absolute atomic E-state index is 0.113. The second kappa shape index (κ2) is 11.8. The molecule has 37 heavy (non-hydrogen) atoms. The maximum absolute atomic E-state index is 13.1. The zero-order valence-corrected chi connectivity index (χ0v) is 23.2. The van der Waals surface area contributed by atoms with E-state index < -0.39 is 0 Å². The Morgan fingerprint density at radius 1 is 0.865 bits per heavy atom. The van der Waals surface area contributed by atoms with Crippen molar-refractivity contribution in [2.75, 3.05) is 24.7 Å². The third-order valence-electron chi connectivity index (χ3n) is 5.70. The summed E-state index contributed by atoms with van der Waals surface area (Å²) in [5.74, 6) is 2.14. The molecule has 0 aliphatic carbocycles. The summed E-state index contributed by atoms with van der Waals surface area (Å²) in [6, 6.07) is 23.2. The molecular formula is C30H31NO4S2. The van der Waals surface area contributed by atoms with Crippen LogP contribution < -0.4 is 19.1 Å². The van der Waals surface area contributed by atoms with Gasteiger partial charge in [-0.1, -0.05) is 69.0 Å². The Morgan fingerprint density at radius 2 is 1.49 bits per heavy atom. The van der Waals surface area contributed by atoms with Crippen LogP contribution in [0.1, 0.15) is 38.8 Å². The molecule has 4 rings (SSSR count). The first-order valence-corrected chi connectivity index (χ1v) is 13.4. The molecule has 0 atom stereocenters. The molecule has 5 nitrogen and oxygen atoms in total. The van der Waals surface area contributed by atoms with E-state index in [1.54, 1.807) is 4.90 Å². The van der Waals surface area contributed by atoms with Crippen LogP contribution >= 0.6 is 24.0 Å². The van der Waals surface area contributed by atoms with Crippen LogP contribution in [0.5, 0.6) is 17.2 Å². The molecule has 0 spiro atoms. The number of ether oxygens (including phenoxy) is 3. The smallest absolute Gasteiger partial charge is 0.270 e. The van der Waals surface area contributed by atoms with Crippen LogP contribution in [-0.2, 0) is 10.2 Å². The van der Waals surface area contributed by atoms with Crippen molar-refractivity contribution in [1.82, 2.24) is 0 Å². The summed E-state index contributed by atoms with van der Waals surface area (Å²) >= 11 is 6.79. The fourth-order valence-corrected chi connectivity index (χ4v) is 5.06. The number of nitrogens with zero attached hydrogens (tertiary/aromatic N) is 1. The van der Waals surface area contributed by atoms with E-state index in [2.05, 4.69) is 32.9 Å². The lowest BCUT2D eigenvalue weighted by molar-refractivity contribution is -0.113. The average molecular weight is 534 g/mol. The van der Waals surface area contributed by atoms with E-state index in [0.717, 1.165) is 22.7 Å². The highest BCUT2D eigenvalue weighted by molar-refractivity contribution is 8.27. The topological polar surface area (TPSA) is 48.0 Å². The fraction of sp³-hybridized carbons (Fsp3) is 0.267. The quantitative estimate of drug-likeness (QED) is 0.164. The van der Waals surface area contributed by atoms with E-state index in [4.69, 9.17) is 26.4 Å². The third-order valence-corrected chi connectivity index (χ3v) is 7.00. The molecule has 7 heteroatoms. The summed E-state index contributed by atoms with van der Waals surface area (Å²) in [7, 11) is 0. The minimum Gasteiger partial charge on any atom is -0.494 e. The van der Waals surface area contributed by atoms with Crippen molar-refractivity contribution < 1.29 is 19.0 Å². The highest BCUT2D eigenvalue weighted by atomic mass is 32.2. The lowest BCUT2D eigenvalue weighted by Crippen LogP contribution is -2.27. The first-order valence-electron chi connectivity index (χ1n) is 12.2. The number of amides is 1. The largest absolute Gasteiger partial charge is 0.494 e. The molecule has 1 aliphatic rings. The van der Waals surface area contributed by atoms with Gasteiger partial charge in [-0.2, -0.15) is 0 Å². The van der Waals surface area contributed by atoms with E-state index in [1.165, 1.54) is 17.3 Å². The van der Waals surface area contributed by atoms with Crippen LogP contribution in [0.2, 0.25) is 0 Å². The Labute approximate surface area is 228 Å². The monoisotopic (exact) mass is 533 g/mol. The maximum Gasteiger partial charge on any atom is 0.270 e. The second-order valence-corrected chi connectivity index (χ2v) is 11.2. The van der Waals surface area contributed by atoms with Gasteiger partial charge < -0.3 is 14.2 Å². The number of benzene rings is 3. The van der Waals surface area contributed by atoms with Gasteiger partial charge in [-0.05, 0) is 78.1 Å². The number of hydrogen-bond donors (Lipinski definition) is 0. The Morgan fingerprint density at radius 3 is 2.14 bits per heavy atom. The van der Waals surface area contributed by atoms with Gasteiger partial charge in [0.1, 0.15) is 30.5 Å². The Hall–Kier alpha value is -3.29. The molecule has 0 saturated carbocycles. The van der Waals surface area contributed by atoms with Gasteiger partial charge in [-0.25, -0.2) is 0 Å². The van der Waals surface area contributed by atoms with Crippen molar-refractivity contribution in [1.29, 1.82) is 0 Å². The summed E-state index contributed by atoms with van der Waals surface area (Å²) in [6.45, 7) is 9.92. The van der Waals surface area contributed by atoms with Gasteiger partial charge in [0.15, 0.2) is 4.32 Å². The Kier molecular flexibility index (Phi) is 8.56. The number of carbonyl (C=O) groups is 1. The molecule has 3 aromatic carbocycles. The highest BCUT2D eigenvalue weighted by Crippen LogP contribution is 2.36. The van der Waals surface area contributed by atoms with E-state index in [-0.39, 0.29) is 11.3 Å². The zero-order chi connectivity index (χ0) is 26.4. The van der Waals surface area contributed by atoms with Crippen LogP contribution in [0.25, 0.3) is 6.08 Å². The van der Waals surface area contributed by atoms with Crippen molar-refractivity contribution in [3.8, 4) is 17.2 Å². The Balaban J connectivity index is 1.34. The summed E-state index contributed by atoms with van der Waals surface area (Å²) < 4.78 is 17.7. The standard InChI is InChI=1S/C30H31NO4S2/c1-5-33-24-15-11-23(12-16-24)31-28(32)27(37-29(31)36)20-21-7-6-8-26(19-21)35-18-17-34-25-13-9-22(10-14-25)30(2,3)4/h6-16,19-20H,5,17-18H2,1-4H3/b27-20-. The van der Waals surface area contributed by atoms with Crippen LogP contribution in [0.4, 0.5) is 5.69 Å². The molecule has 0 aromatic heterocycles. The van der Waals surface area contributed by atoms with Gasteiger partial charge >= 0.3 is 0 Å². The zero-order valence-electron chi connectivity index (χ0n) is 21.5. The van der Waals surface area contributed by atoms with Gasteiger partial charge in [0.25, 0.3) is 5.91 Å². The van der Waals surface area contributed by atoms with Gasteiger partial charge in [0, 0.05) is 0 Å². The van der Waals surface area contributed by atoms with Gasteiger partial charge in [-0.15, -0.1) is 0 Å². The number of rotatable bonds is 9. The van der Waals surface area contributed by atoms with Crippen LogP contribution in [0, 0.1) is 0 Å². The molecular weight excluding hydrogens is 502 g/mol. The molecule has 1 fully saturated rings. The number of carbonyl (C=O) groups excluding carboxylic acids is 1. The Bertz CT molecular complexity index is 1280. The summed E-state index contributed by atoms with van der Waals surface area (Å²) in [5, 5.41) is 0. The lowest BCUT2D eigenvalue weighted by Gasteiger charge is -2.19. The first-order chi connectivity index (χ1) is 17.7. The SMILES string of the molecule is CCOc1ccc(N2C(=O)/C(=C/c3cccc(OCCOc4ccc(C(C)(C)C)cc4)c3)SC2=S)cc1. The van der Waals surface area contributed by atoms with E-state index >= 15 is 0 Å². The van der Waals surface area contributed by atoms with Crippen molar-refractivity contribution >= 4 is 46.0 Å². The second-order valence-electron chi connectivity index (χ2n) is 9.49. The molecule has 0 N–H and O–H groups in total. The van der Waals surface area contributed by atoms with Gasteiger partial charge in [-0.3, -0.25) is 9.69 Å². The maximum atomic E-state index is 13.1.